The van der Waals surface area contributed by atoms with E-state index in [4.69, 9.17) is 60.3 Å². The molecule has 11 N–H and O–H groups in total. The van der Waals surface area contributed by atoms with Gasteiger partial charge >= 0.3 is 48.1 Å². The fourth-order valence-electron chi connectivity index (χ4n) is 0. The maximum atomic E-state index is 8.64. The van der Waals surface area contributed by atoms with Crippen LogP contribution in [0.1, 0.15) is 0 Å². The van der Waals surface area contributed by atoms with Crippen molar-refractivity contribution in [3.8, 4) is 0 Å². The molecule has 128 valence electrons. The van der Waals surface area contributed by atoms with E-state index >= 15 is 0 Å². The van der Waals surface area contributed by atoms with Crippen molar-refractivity contribution in [3.63, 3.8) is 0 Å². The van der Waals surface area contributed by atoms with Crippen molar-refractivity contribution in [2.75, 3.05) is 0 Å². The van der Waals surface area contributed by atoms with Crippen LogP contribution in [0, 0.1) is 0 Å². The van der Waals surface area contributed by atoms with Gasteiger partial charge in [-0.2, -0.15) is 0 Å². The summed E-state index contributed by atoms with van der Waals surface area (Å²) in [5.74, 6) is 0. The number of halogens is 4. The minimum atomic E-state index is -2.42. The molecule has 0 aliphatic rings. The van der Waals surface area contributed by atoms with E-state index in [2.05, 4.69) is 0 Å². The van der Waals surface area contributed by atoms with Crippen LogP contribution in [-0.2, 0) is 0 Å². The Balaban J connectivity index is -0.0000000121. The summed E-state index contributed by atoms with van der Waals surface area (Å²) in [4.78, 5) is 0. The average molecular weight is 333 g/mol. The molecule has 21 heavy (non-hydrogen) atoms. The molecule has 0 rings (SSSR count). The SMILES string of the molecule is F.F.F.F.OB(O)O.OB(O)O.OB(O)O.[Li+].[O-]B(O)O. The Morgan fingerprint density at radius 2 is 0.429 bits per heavy atom. The predicted molar refractivity (Wildman–Crippen MR) is 57.4 cm³/mol. The maximum absolute atomic E-state index is 8.64. The van der Waals surface area contributed by atoms with Crippen molar-refractivity contribution in [3.05, 3.63) is 0 Å². The van der Waals surface area contributed by atoms with Crippen LogP contribution < -0.4 is 23.9 Å². The van der Waals surface area contributed by atoms with Gasteiger partial charge in [-0.15, -0.1) is 0 Å². The van der Waals surface area contributed by atoms with Gasteiger partial charge in [0.1, 0.15) is 0 Å². The monoisotopic (exact) mass is 334 g/mol. The van der Waals surface area contributed by atoms with Crippen LogP contribution in [0.25, 0.3) is 0 Å². The fourth-order valence-corrected chi connectivity index (χ4v) is 0. The molecule has 0 atom stereocenters. The molecule has 0 radical (unpaired) electrons. The first-order valence-electron chi connectivity index (χ1n) is 3.08. The predicted octanol–water partition coefficient (Wildman–Crippen LogP) is -11.2. The Morgan fingerprint density at radius 3 is 0.429 bits per heavy atom. The van der Waals surface area contributed by atoms with E-state index in [9.17, 15) is 0 Å². The molecule has 0 bridgehead atoms. The topological polar surface area (TPSA) is 246 Å². The first kappa shape index (κ1) is 58.2. The van der Waals surface area contributed by atoms with Crippen LogP contribution in [0.15, 0.2) is 0 Å². The van der Waals surface area contributed by atoms with Gasteiger partial charge in [-0.3, -0.25) is 18.8 Å². The molecule has 0 saturated carbocycles. The maximum Gasteiger partial charge on any atom is 1.00 e. The van der Waals surface area contributed by atoms with Crippen molar-refractivity contribution in [2.45, 2.75) is 0 Å². The Hall–Kier alpha value is 0.0971. The quantitative estimate of drug-likeness (QED) is 0.146. The Kier molecular flexibility index (Phi) is 139. The van der Waals surface area contributed by atoms with Crippen LogP contribution in [0.5, 0.6) is 0 Å². The molecule has 0 aromatic heterocycles. The summed E-state index contributed by atoms with van der Waals surface area (Å²) in [6.45, 7) is 0. The molecule has 0 saturated heterocycles. The molecule has 0 spiro atoms. The molecule has 0 aliphatic carbocycles. The van der Waals surface area contributed by atoms with E-state index in [1.807, 2.05) is 0 Å². The van der Waals surface area contributed by atoms with Crippen LogP contribution in [-0.4, -0.2) is 84.5 Å². The largest absolute Gasteiger partial charge is 1.00 e. The number of rotatable bonds is 0. The molecule has 0 fully saturated rings. The molecule has 0 aromatic rings. The van der Waals surface area contributed by atoms with Gasteiger partial charge in [0.2, 0.25) is 0 Å². The molecule has 0 heterocycles. The molecule has 12 nitrogen and oxygen atoms in total. The first-order valence-corrected chi connectivity index (χ1v) is 3.08. The van der Waals surface area contributed by atoms with Crippen molar-refractivity contribution < 1.29 is 98.0 Å². The molecule has 0 unspecified atom stereocenters. The van der Waals surface area contributed by atoms with Crippen LogP contribution >= 0.6 is 0 Å². The molecular weight excluding hydrogens is 318 g/mol. The van der Waals surface area contributed by atoms with Crippen LogP contribution in [0.4, 0.5) is 18.8 Å². The second-order valence-corrected chi connectivity index (χ2v) is 1.37. The molecular formula is H15B4F4LiO12. The van der Waals surface area contributed by atoms with Gasteiger partial charge in [-0.25, -0.2) is 0 Å². The van der Waals surface area contributed by atoms with E-state index in [0.29, 0.717) is 0 Å². The normalized spacial score (nSPS) is 5.14. The van der Waals surface area contributed by atoms with E-state index in [-0.39, 0.29) is 37.7 Å². The Morgan fingerprint density at radius 1 is 0.429 bits per heavy atom. The minimum absolute atomic E-state index is 0. The zero-order valence-corrected chi connectivity index (χ0v) is 10.3. The summed E-state index contributed by atoms with van der Waals surface area (Å²) in [7, 11) is -8.92. The van der Waals surface area contributed by atoms with Gasteiger partial charge in [0.05, 0.1) is 0 Å². The van der Waals surface area contributed by atoms with Crippen LogP contribution in [0.3, 0.4) is 0 Å². The van der Waals surface area contributed by atoms with Gasteiger partial charge in [0.15, 0.2) is 0 Å². The summed E-state index contributed by atoms with van der Waals surface area (Å²) in [5.41, 5.74) is 0. The smallest absolute Gasteiger partial charge is 0.832 e. The van der Waals surface area contributed by atoms with Crippen LogP contribution in [0.2, 0.25) is 0 Å². The number of hydrogen-bond donors (Lipinski definition) is 11. The zero-order valence-electron chi connectivity index (χ0n) is 10.3. The third-order valence-corrected chi connectivity index (χ3v) is 0. The minimum Gasteiger partial charge on any atom is -0.832 e. The third-order valence-electron chi connectivity index (χ3n) is 0. The molecule has 0 aromatic carbocycles. The third kappa shape index (κ3) is 697000. The standard InChI is InChI=1S/3BH3O3.BH2O3.4FH.Li/c4*2-1(3)4;;;;;/h3*2-4H;2-3H;4*1H;/q;;;-1;;;;;+1. The average Bonchev–Trinajstić information content (AvgIpc) is 1.76. The van der Waals surface area contributed by atoms with Gasteiger partial charge in [-0.05, 0) is 0 Å². The second-order valence-electron chi connectivity index (χ2n) is 1.37. The van der Waals surface area contributed by atoms with Crippen molar-refractivity contribution in [1.82, 2.24) is 0 Å². The Labute approximate surface area is 128 Å². The van der Waals surface area contributed by atoms with E-state index < -0.39 is 29.3 Å². The second kappa shape index (κ2) is 50.1. The van der Waals surface area contributed by atoms with Gasteiger partial charge in [-0.1, -0.05) is 0 Å². The first-order chi connectivity index (χ1) is 6.93. The van der Waals surface area contributed by atoms with E-state index in [0.717, 1.165) is 0 Å². The zero-order chi connectivity index (χ0) is 14.3. The summed E-state index contributed by atoms with van der Waals surface area (Å²) < 4.78 is 0. The van der Waals surface area contributed by atoms with Gasteiger partial charge < -0.3 is 60.3 Å². The number of hydrogen-bond acceptors (Lipinski definition) is 12. The van der Waals surface area contributed by atoms with E-state index in [1.54, 1.807) is 0 Å². The van der Waals surface area contributed by atoms with E-state index in [1.165, 1.54) is 0 Å². The Bertz CT molecular complexity index is 76.2. The molecule has 21 heteroatoms. The summed E-state index contributed by atoms with van der Waals surface area (Å²) in [6, 6.07) is 0. The summed E-state index contributed by atoms with van der Waals surface area (Å²) >= 11 is 0. The summed E-state index contributed by atoms with van der Waals surface area (Å²) in [5, 5.41) is 87.2. The van der Waals surface area contributed by atoms with Crippen molar-refractivity contribution >= 4 is 29.3 Å². The molecule has 0 aliphatic heterocycles. The van der Waals surface area contributed by atoms with Gasteiger partial charge in [0, 0.05) is 0 Å². The summed E-state index contributed by atoms with van der Waals surface area (Å²) in [6.07, 6.45) is 0. The van der Waals surface area contributed by atoms with Crippen molar-refractivity contribution in [1.29, 1.82) is 0 Å². The van der Waals surface area contributed by atoms with Crippen molar-refractivity contribution in [2.24, 2.45) is 0 Å². The molecule has 0 amide bonds. The fraction of sp³-hybridized carbons (Fsp3) is 0. The van der Waals surface area contributed by atoms with Gasteiger partial charge in [0.25, 0.3) is 0 Å².